The first-order valence-corrected chi connectivity index (χ1v) is 9.48. The van der Waals surface area contributed by atoms with Crippen LogP contribution in [0.25, 0.3) is 12.2 Å². The second-order valence-corrected chi connectivity index (χ2v) is 7.02. The molecule has 0 saturated heterocycles. The molecule has 160 valence electrons. The Bertz CT molecular complexity index is 1230. The summed E-state index contributed by atoms with van der Waals surface area (Å²) in [5.41, 5.74) is -0.841. The van der Waals surface area contributed by atoms with Crippen LogP contribution in [0.5, 0.6) is 17.4 Å². The molecule has 0 atom stereocenters. The van der Waals surface area contributed by atoms with Crippen molar-refractivity contribution in [3.63, 3.8) is 0 Å². The molecule has 0 unspecified atom stereocenters. The molecule has 1 aromatic heterocycles. The molecule has 3 aromatic rings. The van der Waals surface area contributed by atoms with Crippen molar-refractivity contribution >= 4 is 33.8 Å². The van der Waals surface area contributed by atoms with Gasteiger partial charge in [-0.05, 0) is 57.4 Å². The lowest BCUT2D eigenvalue weighted by Gasteiger charge is -2.13. The van der Waals surface area contributed by atoms with Gasteiger partial charge in [-0.15, -0.1) is 0 Å². The summed E-state index contributed by atoms with van der Waals surface area (Å²) < 4.78 is 25.0. The van der Waals surface area contributed by atoms with E-state index in [2.05, 4.69) is 25.9 Å². The second-order valence-electron chi connectivity index (χ2n) is 6.17. The largest absolute Gasteiger partial charge is 0.493 e. The number of hydrogen-bond acceptors (Lipinski definition) is 7. The van der Waals surface area contributed by atoms with Gasteiger partial charge < -0.3 is 19.6 Å². The van der Waals surface area contributed by atoms with E-state index in [-0.39, 0.29) is 18.2 Å². The lowest BCUT2D eigenvalue weighted by Crippen LogP contribution is -2.14. The molecule has 0 fully saturated rings. The number of methoxy groups -OCH3 is 1. The summed E-state index contributed by atoms with van der Waals surface area (Å²) in [5, 5.41) is 20.4. The third-order valence-electron chi connectivity index (χ3n) is 4.04. The molecule has 0 amide bonds. The first-order valence-electron chi connectivity index (χ1n) is 8.69. The summed E-state index contributed by atoms with van der Waals surface area (Å²) in [6.07, 6.45) is 2.91. The third-order valence-corrected chi connectivity index (χ3v) is 4.62. The molecule has 0 saturated carbocycles. The van der Waals surface area contributed by atoms with E-state index in [0.717, 1.165) is 0 Å². The highest BCUT2D eigenvalue weighted by molar-refractivity contribution is 9.10. The van der Waals surface area contributed by atoms with E-state index >= 15 is 0 Å². The van der Waals surface area contributed by atoms with Crippen molar-refractivity contribution in [1.82, 2.24) is 9.97 Å². The average Bonchev–Trinajstić information content (AvgIpc) is 2.70. The zero-order valence-electron chi connectivity index (χ0n) is 16.0. The molecular formula is C20H15BrFN3O6. The number of aromatic hydroxyl groups is 1. The molecule has 1 heterocycles. The van der Waals surface area contributed by atoms with Crippen LogP contribution in [0, 0.1) is 15.9 Å². The van der Waals surface area contributed by atoms with Gasteiger partial charge in [0.25, 0.3) is 5.88 Å². The summed E-state index contributed by atoms with van der Waals surface area (Å²) in [5.74, 6) is -0.624. The van der Waals surface area contributed by atoms with Gasteiger partial charge in [0.1, 0.15) is 18.2 Å². The molecule has 0 aliphatic carbocycles. The van der Waals surface area contributed by atoms with Crippen molar-refractivity contribution in [2.45, 2.75) is 6.61 Å². The van der Waals surface area contributed by atoms with E-state index in [1.165, 1.54) is 25.3 Å². The zero-order valence-corrected chi connectivity index (χ0v) is 17.6. The number of aromatic nitrogens is 2. The second kappa shape index (κ2) is 9.39. The molecule has 0 bridgehead atoms. The van der Waals surface area contributed by atoms with E-state index in [4.69, 9.17) is 9.47 Å². The molecule has 31 heavy (non-hydrogen) atoms. The Labute approximate surface area is 183 Å². The lowest BCUT2D eigenvalue weighted by molar-refractivity contribution is -0.387. The molecule has 0 spiro atoms. The van der Waals surface area contributed by atoms with Crippen LogP contribution in [0.3, 0.4) is 0 Å². The summed E-state index contributed by atoms with van der Waals surface area (Å²) in [6, 6.07) is 9.37. The highest BCUT2D eigenvalue weighted by Gasteiger charge is 2.21. The lowest BCUT2D eigenvalue weighted by atomic mass is 10.2. The minimum atomic E-state index is -1.07. The Balaban J connectivity index is 1.84. The summed E-state index contributed by atoms with van der Waals surface area (Å²) in [4.78, 5) is 27.3. The number of benzene rings is 2. The number of ether oxygens (including phenoxy) is 2. The van der Waals surface area contributed by atoms with Gasteiger partial charge in [0.15, 0.2) is 11.5 Å². The van der Waals surface area contributed by atoms with Gasteiger partial charge in [-0.3, -0.25) is 14.9 Å². The number of rotatable bonds is 7. The van der Waals surface area contributed by atoms with Crippen LogP contribution in [0.2, 0.25) is 0 Å². The monoisotopic (exact) mass is 491 g/mol. The predicted molar refractivity (Wildman–Crippen MR) is 114 cm³/mol. The zero-order chi connectivity index (χ0) is 22.5. The molecule has 2 N–H and O–H groups in total. The van der Waals surface area contributed by atoms with Crippen molar-refractivity contribution in [3.8, 4) is 17.4 Å². The van der Waals surface area contributed by atoms with Gasteiger partial charge in [0, 0.05) is 0 Å². The molecule has 0 aliphatic rings. The fourth-order valence-corrected chi connectivity index (χ4v) is 3.22. The minimum absolute atomic E-state index is 0.0744. The SMILES string of the molecule is COc1cc(/C=C/c2nc(O)c([N+](=O)[O-])c(=O)[nH]2)cc(Br)c1OCc1cccc(F)c1. The van der Waals surface area contributed by atoms with Crippen LogP contribution in [0.15, 0.2) is 45.7 Å². The van der Waals surface area contributed by atoms with Gasteiger partial charge >= 0.3 is 11.2 Å². The molecule has 9 nitrogen and oxygen atoms in total. The van der Waals surface area contributed by atoms with Crippen LogP contribution < -0.4 is 15.0 Å². The van der Waals surface area contributed by atoms with Crippen molar-refractivity contribution in [1.29, 1.82) is 0 Å². The first kappa shape index (κ1) is 22.0. The van der Waals surface area contributed by atoms with Gasteiger partial charge in [-0.25, -0.2) is 4.39 Å². The van der Waals surface area contributed by atoms with Gasteiger partial charge in [0.05, 0.1) is 16.5 Å². The van der Waals surface area contributed by atoms with Crippen LogP contribution in [0.4, 0.5) is 10.1 Å². The summed E-state index contributed by atoms with van der Waals surface area (Å²) in [7, 11) is 1.46. The van der Waals surface area contributed by atoms with E-state index in [0.29, 0.717) is 27.1 Å². The van der Waals surface area contributed by atoms with Crippen molar-refractivity contribution in [2.75, 3.05) is 7.11 Å². The predicted octanol–water partition coefficient (Wildman–Crippen LogP) is 4.04. The molecule has 0 aliphatic heterocycles. The number of H-pyrrole nitrogens is 1. The Morgan fingerprint density at radius 2 is 2.10 bits per heavy atom. The summed E-state index contributed by atoms with van der Waals surface area (Å²) in [6.45, 7) is 0.120. The minimum Gasteiger partial charge on any atom is -0.493 e. The Kier molecular flexibility index (Phi) is 6.65. The summed E-state index contributed by atoms with van der Waals surface area (Å²) >= 11 is 3.40. The van der Waals surface area contributed by atoms with E-state index in [9.17, 15) is 24.4 Å². The highest BCUT2D eigenvalue weighted by Crippen LogP contribution is 2.37. The molecule has 2 aromatic carbocycles. The van der Waals surface area contributed by atoms with Gasteiger partial charge in [-0.1, -0.05) is 18.2 Å². The van der Waals surface area contributed by atoms with Crippen LogP contribution in [-0.4, -0.2) is 27.1 Å². The quantitative estimate of drug-likeness (QED) is 0.376. The third kappa shape index (κ3) is 5.25. The average molecular weight is 492 g/mol. The normalized spacial score (nSPS) is 10.9. The van der Waals surface area contributed by atoms with Gasteiger partial charge in [0.2, 0.25) is 0 Å². The fourth-order valence-electron chi connectivity index (χ4n) is 2.65. The molecular weight excluding hydrogens is 477 g/mol. The highest BCUT2D eigenvalue weighted by atomic mass is 79.9. The number of nitro groups is 1. The van der Waals surface area contributed by atoms with Crippen molar-refractivity contribution in [2.24, 2.45) is 0 Å². The Morgan fingerprint density at radius 3 is 2.74 bits per heavy atom. The number of aromatic amines is 1. The maximum absolute atomic E-state index is 13.3. The molecule has 11 heteroatoms. The first-order chi connectivity index (χ1) is 14.8. The standard InChI is InChI=1S/C20H15BrFN3O6/c1-30-15-9-11(5-6-16-23-19(26)17(25(28)29)20(27)24-16)8-14(21)18(15)31-10-12-3-2-4-13(22)7-12/h2-9H,10H2,1H3,(H2,23,24,26,27)/b6-5+. The number of halogens is 2. The number of nitrogens with zero attached hydrogens (tertiary/aromatic N) is 2. The van der Waals surface area contributed by atoms with Crippen LogP contribution >= 0.6 is 15.9 Å². The number of hydrogen-bond donors (Lipinski definition) is 2. The molecule has 3 rings (SSSR count). The fraction of sp³-hybridized carbons (Fsp3) is 0.100. The Hall–Kier alpha value is -3.73. The topological polar surface area (TPSA) is 128 Å². The number of nitrogens with one attached hydrogen (secondary N) is 1. The smallest absolute Gasteiger partial charge is 0.395 e. The maximum Gasteiger partial charge on any atom is 0.395 e. The van der Waals surface area contributed by atoms with Crippen LogP contribution in [-0.2, 0) is 6.61 Å². The molecule has 0 radical (unpaired) electrons. The van der Waals surface area contributed by atoms with Crippen LogP contribution in [0.1, 0.15) is 17.0 Å². The van der Waals surface area contributed by atoms with E-state index in [1.807, 2.05) is 0 Å². The van der Waals surface area contributed by atoms with E-state index < -0.39 is 22.0 Å². The van der Waals surface area contributed by atoms with Gasteiger partial charge in [-0.2, -0.15) is 4.98 Å². The van der Waals surface area contributed by atoms with Crippen molar-refractivity contribution < 1.29 is 23.9 Å². The van der Waals surface area contributed by atoms with E-state index in [1.54, 1.807) is 30.3 Å². The maximum atomic E-state index is 13.3. The van der Waals surface area contributed by atoms with Crippen molar-refractivity contribution in [3.05, 3.63) is 84.1 Å². The Morgan fingerprint density at radius 1 is 1.32 bits per heavy atom.